The van der Waals surface area contributed by atoms with Crippen molar-refractivity contribution >= 4 is 0 Å². The summed E-state index contributed by atoms with van der Waals surface area (Å²) in [5, 5.41) is 0. The van der Waals surface area contributed by atoms with E-state index in [9.17, 15) is 8.78 Å². The van der Waals surface area contributed by atoms with E-state index in [1.807, 2.05) is 24.3 Å². The summed E-state index contributed by atoms with van der Waals surface area (Å²) in [6, 6.07) is 10.8. The zero-order valence-electron chi connectivity index (χ0n) is 23.7. The van der Waals surface area contributed by atoms with Crippen molar-refractivity contribution in [2.45, 2.75) is 90.1 Å². The van der Waals surface area contributed by atoms with Gasteiger partial charge in [0, 0.05) is 5.56 Å². The van der Waals surface area contributed by atoms with Gasteiger partial charge in [-0.25, -0.2) is 4.39 Å². The maximum atomic E-state index is 14.6. The van der Waals surface area contributed by atoms with E-state index in [0.29, 0.717) is 18.1 Å². The summed E-state index contributed by atoms with van der Waals surface area (Å²) in [5.74, 6) is 2.51. The quantitative estimate of drug-likeness (QED) is 0.297. The Labute approximate surface area is 234 Å². The molecule has 5 rings (SSSR count). The number of allylic oxidation sites excluding steroid dienone is 1. The largest absolute Gasteiger partial charge is 0.491 e. The molecule has 1 heterocycles. The summed E-state index contributed by atoms with van der Waals surface area (Å²) in [4.78, 5) is 0. The summed E-state index contributed by atoms with van der Waals surface area (Å²) in [6.07, 6.45) is 18.3. The summed E-state index contributed by atoms with van der Waals surface area (Å²) >= 11 is 0. The minimum atomic E-state index is -0.930. The lowest BCUT2D eigenvalue weighted by Gasteiger charge is -2.41. The van der Waals surface area contributed by atoms with Crippen LogP contribution in [0.3, 0.4) is 0 Å². The molecule has 2 aromatic carbocycles. The zero-order valence-corrected chi connectivity index (χ0v) is 23.7. The molecule has 1 saturated heterocycles. The average Bonchev–Trinajstić information content (AvgIpc) is 2.99. The number of hydrogen-bond acceptors (Lipinski definition) is 2. The molecular formula is C35H46F2O2. The van der Waals surface area contributed by atoms with Gasteiger partial charge in [0.25, 0.3) is 0 Å². The molecule has 0 radical (unpaired) electrons. The maximum absolute atomic E-state index is 14.6. The van der Waals surface area contributed by atoms with Gasteiger partial charge in [-0.05, 0) is 124 Å². The van der Waals surface area contributed by atoms with E-state index in [1.165, 1.54) is 76.7 Å². The topological polar surface area (TPSA) is 18.5 Å². The Bertz CT molecular complexity index is 1060. The van der Waals surface area contributed by atoms with E-state index in [4.69, 9.17) is 9.47 Å². The minimum absolute atomic E-state index is 0.0453. The molecule has 0 spiro atoms. The van der Waals surface area contributed by atoms with Gasteiger partial charge in [0.15, 0.2) is 11.6 Å². The van der Waals surface area contributed by atoms with Gasteiger partial charge in [0.2, 0.25) is 5.82 Å². The van der Waals surface area contributed by atoms with E-state index >= 15 is 0 Å². The van der Waals surface area contributed by atoms with Crippen LogP contribution in [0.15, 0.2) is 49.1 Å². The molecule has 0 amide bonds. The Morgan fingerprint density at radius 1 is 0.795 bits per heavy atom. The fourth-order valence-corrected chi connectivity index (χ4v) is 7.70. The van der Waals surface area contributed by atoms with Crippen LogP contribution in [0.25, 0.3) is 11.1 Å². The molecule has 2 aromatic rings. The van der Waals surface area contributed by atoms with Gasteiger partial charge in [0.05, 0.1) is 19.3 Å². The second-order valence-corrected chi connectivity index (χ2v) is 12.3. The highest BCUT2D eigenvalue weighted by Gasteiger charge is 2.35. The van der Waals surface area contributed by atoms with Gasteiger partial charge in [-0.1, -0.05) is 43.2 Å². The fourth-order valence-electron chi connectivity index (χ4n) is 7.70. The first kappa shape index (κ1) is 28.3. The number of halogens is 2. The Morgan fingerprint density at radius 2 is 1.41 bits per heavy atom. The summed E-state index contributed by atoms with van der Waals surface area (Å²) in [5.41, 5.74) is 2.04. The molecule has 0 aromatic heterocycles. The third kappa shape index (κ3) is 6.76. The van der Waals surface area contributed by atoms with Crippen LogP contribution in [-0.2, 0) is 4.74 Å². The molecule has 3 aliphatic rings. The molecule has 2 atom stereocenters. The number of hydrogen-bond donors (Lipinski definition) is 0. The summed E-state index contributed by atoms with van der Waals surface area (Å²) in [6.45, 7) is 6.78. The van der Waals surface area contributed by atoms with Gasteiger partial charge in [-0.3, -0.25) is 0 Å². The molecule has 4 heteroatoms. The molecule has 3 fully saturated rings. The van der Waals surface area contributed by atoms with E-state index in [1.54, 1.807) is 13.0 Å². The smallest absolute Gasteiger partial charge is 0.201 e. The molecule has 2 saturated carbocycles. The van der Waals surface area contributed by atoms with E-state index in [-0.39, 0.29) is 17.4 Å². The van der Waals surface area contributed by atoms with Crippen molar-refractivity contribution < 1.29 is 18.3 Å². The highest BCUT2D eigenvalue weighted by molar-refractivity contribution is 5.65. The zero-order chi connectivity index (χ0) is 27.2. The lowest BCUT2D eigenvalue weighted by molar-refractivity contribution is -0.0421. The van der Waals surface area contributed by atoms with Crippen LogP contribution in [0, 0.1) is 41.2 Å². The maximum Gasteiger partial charge on any atom is 0.201 e. The van der Waals surface area contributed by atoms with Crippen molar-refractivity contribution in [3.05, 3.63) is 66.3 Å². The summed E-state index contributed by atoms with van der Waals surface area (Å²) < 4.78 is 40.6. The molecule has 2 nitrogen and oxygen atoms in total. The van der Waals surface area contributed by atoms with Gasteiger partial charge >= 0.3 is 0 Å². The lowest BCUT2D eigenvalue weighted by Crippen LogP contribution is -2.32. The predicted molar refractivity (Wildman–Crippen MR) is 155 cm³/mol. The van der Waals surface area contributed by atoms with Gasteiger partial charge < -0.3 is 9.47 Å². The molecule has 0 N–H and O–H groups in total. The number of rotatable bonds is 9. The van der Waals surface area contributed by atoms with Crippen molar-refractivity contribution in [1.82, 2.24) is 0 Å². The minimum Gasteiger partial charge on any atom is -0.491 e. The van der Waals surface area contributed by atoms with Crippen LogP contribution in [0.4, 0.5) is 8.78 Å². The number of ether oxygens (including phenoxy) is 2. The third-order valence-corrected chi connectivity index (χ3v) is 10.1. The van der Waals surface area contributed by atoms with Gasteiger partial charge in [0.1, 0.15) is 0 Å². The Morgan fingerprint density at radius 3 is 2.00 bits per heavy atom. The molecule has 2 unspecified atom stereocenters. The van der Waals surface area contributed by atoms with Crippen molar-refractivity contribution in [3.8, 4) is 16.9 Å². The summed E-state index contributed by atoms with van der Waals surface area (Å²) in [7, 11) is 0. The van der Waals surface area contributed by atoms with E-state index in [0.717, 1.165) is 42.3 Å². The molecular weight excluding hydrogens is 490 g/mol. The standard InChI is InChI=1S/C35H46F2O2/c1-3-5-6-24-7-9-25(10-8-24)26-11-13-27(14-12-26)30-19-21-32(39-23-30)29-17-15-28(16-18-29)31-20-22-33(38-4-2)35(37)34(31)36/h3,15-18,20,22,24-27,30,32H,1,4-14,19,21,23H2,2H3. The van der Waals surface area contributed by atoms with Crippen molar-refractivity contribution in [2.24, 2.45) is 29.6 Å². The first-order valence-electron chi connectivity index (χ1n) is 15.5. The normalized spacial score (nSPS) is 29.6. The number of benzene rings is 2. The van der Waals surface area contributed by atoms with Crippen LogP contribution < -0.4 is 4.74 Å². The van der Waals surface area contributed by atoms with Gasteiger partial charge in [-0.2, -0.15) is 4.39 Å². The molecule has 1 aliphatic heterocycles. The Balaban J connectivity index is 1.08. The first-order chi connectivity index (χ1) is 19.1. The monoisotopic (exact) mass is 536 g/mol. The highest BCUT2D eigenvalue weighted by atomic mass is 19.2. The van der Waals surface area contributed by atoms with Crippen LogP contribution in [0.5, 0.6) is 5.75 Å². The van der Waals surface area contributed by atoms with Crippen LogP contribution >= 0.6 is 0 Å². The van der Waals surface area contributed by atoms with Crippen LogP contribution in [-0.4, -0.2) is 13.2 Å². The second-order valence-electron chi connectivity index (χ2n) is 12.3. The third-order valence-electron chi connectivity index (χ3n) is 10.1. The van der Waals surface area contributed by atoms with Gasteiger partial charge in [-0.15, -0.1) is 6.58 Å². The van der Waals surface area contributed by atoms with Crippen molar-refractivity contribution in [3.63, 3.8) is 0 Å². The van der Waals surface area contributed by atoms with E-state index in [2.05, 4.69) is 12.7 Å². The Kier molecular flexibility index (Phi) is 9.76. The Hall–Kier alpha value is -2.20. The molecule has 39 heavy (non-hydrogen) atoms. The van der Waals surface area contributed by atoms with Crippen LogP contribution in [0.1, 0.15) is 95.6 Å². The lowest BCUT2D eigenvalue weighted by atomic mass is 9.66. The first-order valence-corrected chi connectivity index (χ1v) is 15.5. The van der Waals surface area contributed by atoms with Crippen LogP contribution in [0.2, 0.25) is 0 Å². The van der Waals surface area contributed by atoms with E-state index < -0.39 is 11.6 Å². The average molecular weight is 537 g/mol. The fraction of sp³-hybridized carbons (Fsp3) is 0.600. The predicted octanol–water partition coefficient (Wildman–Crippen LogP) is 10.1. The molecule has 2 aliphatic carbocycles. The highest BCUT2D eigenvalue weighted by Crippen LogP contribution is 2.46. The van der Waals surface area contributed by atoms with Crippen molar-refractivity contribution in [2.75, 3.05) is 13.2 Å². The molecule has 212 valence electrons. The molecule has 0 bridgehead atoms. The van der Waals surface area contributed by atoms with Crippen molar-refractivity contribution in [1.29, 1.82) is 0 Å². The SMILES string of the molecule is C=CCCC1CCC(C2CCC(C3CCC(c4ccc(-c5ccc(OCC)c(F)c5F)cc4)OC3)CC2)CC1. The second kappa shape index (κ2) is 13.4.